The number of nitrogens with zero attached hydrogens (tertiary/aromatic N) is 1. The number of halogens is 2. The van der Waals surface area contributed by atoms with Crippen molar-refractivity contribution in [1.82, 2.24) is 4.90 Å². The van der Waals surface area contributed by atoms with Gasteiger partial charge in [-0.25, -0.2) is 4.39 Å². The predicted molar refractivity (Wildman–Crippen MR) is 60.6 cm³/mol. The number of hydrogen-bond acceptors (Lipinski definition) is 1. The van der Waals surface area contributed by atoms with Crippen LogP contribution in [0.2, 0.25) is 5.02 Å². The molecule has 1 amide bonds. The fourth-order valence-electron chi connectivity index (χ4n) is 1.64. The first-order chi connectivity index (χ1) is 7.59. The molecule has 1 aromatic rings. The standard InChI is InChI=1S/C12H13ClFNO/c1-15(12(16)8-5-6-8)7-9-10(13)3-2-4-11(9)14/h2-4,8H,5-7H2,1H3. The molecule has 0 unspecified atom stereocenters. The second-order valence-electron chi connectivity index (χ2n) is 4.17. The van der Waals surface area contributed by atoms with Crippen molar-refractivity contribution < 1.29 is 9.18 Å². The SMILES string of the molecule is CN(Cc1c(F)cccc1Cl)C(=O)C1CC1. The Morgan fingerprint density at radius 1 is 1.56 bits per heavy atom. The summed E-state index contributed by atoms with van der Waals surface area (Å²) in [5, 5.41) is 0.371. The summed E-state index contributed by atoms with van der Waals surface area (Å²) in [6.07, 6.45) is 1.91. The number of hydrogen-bond donors (Lipinski definition) is 0. The van der Waals surface area contributed by atoms with Gasteiger partial charge < -0.3 is 4.90 Å². The predicted octanol–water partition coefficient (Wildman–Crippen LogP) is 2.85. The maximum atomic E-state index is 13.5. The number of carbonyl (C=O) groups excluding carboxylic acids is 1. The van der Waals surface area contributed by atoms with Gasteiger partial charge in [-0.1, -0.05) is 17.7 Å². The lowest BCUT2D eigenvalue weighted by Crippen LogP contribution is -2.28. The molecule has 1 fully saturated rings. The van der Waals surface area contributed by atoms with Gasteiger partial charge in [0.15, 0.2) is 0 Å². The third-order valence-corrected chi connectivity index (χ3v) is 3.11. The van der Waals surface area contributed by atoms with E-state index < -0.39 is 0 Å². The van der Waals surface area contributed by atoms with Crippen LogP contribution in [0.3, 0.4) is 0 Å². The van der Waals surface area contributed by atoms with Crippen LogP contribution >= 0.6 is 11.6 Å². The molecule has 2 nitrogen and oxygen atoms in total. The average molecular weight is 242 g/mol. The molecule has 0 bridgehead atoms. The Balaban J connectivity index is 2.10. The Hall–Kier alpha value is -1.09. The van der Waals surface area contributed by atoms with Gasteiger partial charge in [0.05, 0.1) is 0 Å². The molecule has 16 heavy (non-hydrogen) atoms. The van der Waals surface area contributed by atoms with Crippen molar-refractivity contribution in [2.24, 2.45) is 5.92 Å². The van der Waals surface area contributed by atoms with Crippen molar-refractivity contribution in [3.8, 4) is 0 Å². The Bertz CT molecular complexity index is 397. The average Bonchev–Trinajstić information content (AvgIpc) is 3.06. The van der Waals surface area contributed by atoms with Crippen molar-refractivity contribution >= 4 is 17.5 Å². The van der Waals surface area contributed by atoms with E-state index in [4.69, 9.17) is 11.6 Å². The first kappa shape index (κ1) is 11.4. The normalized spacial score (nSPS) is 14.9. The van der Waals surface area contributed by atoms with Gasteiger partial charge in [-0.3, -0.25) is 4.79 Å². The third-order valence-electron chi connectivity index (χ3n) is 2.76. The topological polar surface area (TPSA) is 20.3 Å². The smallest absolute Gasteiger partial charge is 0.225 e. The van der Waals surface area contributed by atoms with E-state index in [1.54, 1.807) is 24.1 Å². The van der Waals surface area contributed by atoms with E-state index >= 15 is 0 Å². The molecule has 0 saturated heterocycles. The molecule has 86 valence electrons. The summed E-state index contributed by atoms with van der Waals surface area (Å²) >= 11 is 5.90. The zero-order valence-electron chi connectivity index (χ0n) is 9.04. The summed E-state index contributed by atoms with van der Waals surface area (Å²) in [6.45, 7) is 0.237. The highest BCUT2D eigenvalue weighted by atomic mass is 35.5. The summed E-state index contributed by atoms with van der Waals surface area (Å²) in [7, 11) is 1.68. The van der Waals surface area contributed by atoms with Gasteiger partial charge in [0.25, 0.3) is 0 Å². The van der Waals surface area contributed by atoms with E-state index in [9.17, 15) is 9.18 Å². The highest BCUT2D eigenvalue weighted by Crippen LogP contribution is 2.31. The lowest BCUT2D eigenvalue weighted by atomic mass is 10.2. The monoisotopic (exact) mass is 241 g/mol. The Kier molecular flexibility index (Phi) is 3.15. The fourth-order valence-corrected chi connectivity index (χ4v) is 1.86. The van der Waals surface area contributed by atoms with Crippen LogP contribution in [0.15, 0.2) is 18.2 Å². The summed E-state index contributed by atoms with van der Waals surface area (Å²) in [4.78, 5) is 13.2. The van der Waals surface area contributed by atoms with Gasteiger partial charge in [-0.05, 0) is 25.0 Å². The number of carbonyl (C=O) groups is 1. The van der Waals surface area contributed by atoms with E-state index in [1.807, 2.05) is 0 Å². The van der Waals surface area contributed by atoms with E-state index in [0.29, 0.717) is 10.6 Å². The van der Waals surface area contributed by atoms with Crippen molar-refractivity contribution in [1.29, 1.82) is 0 Å². The van der Waals surface area contributed by atoms with Gasteiger partial charge in [0, 0.05) is 30.1 Å². The molecule has 0 aromatic heterocycles. The van der Waals surface area contributed by atoms with E-state index in [1.165, 1.54) is 6.07 Å². The summed E-state index contributed by atoms with van der Waals surface area (Å²) in [6, 6.07) is 4.55. The minimum Gasteiger partial charge on any atom is -0.341 e. The molecule has 0 heterocycles. The Morgan fingerprint density at radius 2 is 2.25 bits per heavy atom. The highest BCUT2D eigenvalue weighted by molar-refractivity contribution is 6.31. The van der Waals surface area contributed by atoms with Crippen molar-refractivity contribution in [3.63, 3.8) is 0 Å². The Morgan fingerprint density at radius 3 is 2.81 bits per heavy atom. The molecule has 0 radical (unpaired) electrons. The van der Waals surface area contributed by atoms with Gasteiger partial charge in [-0.15, -0.1) is 0 Å². The zero-order chi connectivity index (χ0) is 11.7. The van der Waals surface area contributed by atoms with Crippen molar-refractivity contribution in [3.05, 3.63) is 34.6 Å². The summed E-state index contributed by atoms with van der Waals surface area (Å²) in [5.74, 6) is -0.127. The molecule has 0 spiro atoms. The number of rotatable bonds is 3. The van der Waals surface area contributed by atoms with Crippen molar-refractivity contribution in [2.45, 2.75) is 19.4 Å². The van der Waals surface area contributed by atoms with Crippen LogP contribution in [0, 0.1) is 11.7 Å². The van der Waals surface area contributed by atoms with E-state index in [-0.39, 0.29) is 24.2 Å². The van der Waals surface area contributed by atoms with Crippen LogP contribution in [0.5, 0.6) is 0 Å². The van der Waals surface area contributed by atoms with Crippen LogP contribution in [0.25, 0.3) is 0 Å². The van der Waals surface area contributed by atoms with Gasteiger partial charge >= 0.3 is 0 Å². The van der Waals surface area contributed by atoms with Crippen LogP contribution in [-0.2, 0) is 11.3 Å². The molecule has 1 aliphatic carbocycles. The number of amides is 1. The summed E-state index contributed by atoms with van der Waals surface area (Å²) < 4.78 is 13.5. The second-order valence-corrected chi connectivity index (χ2v) is 4.58. The molecule has 4 heteroatoms. The molecule has 0 atom stereocenters. The van der Waals surface area contributed by atoms with E-state index in [0.717, 1.165) is 12.8 Å². The molecule has 1 saturated carbocycles. The van der Waals surface area contributed by atoms with Crippen LogP contribution in [-0.4, -0.2) is 17.9 Å². The molecule has 1 aliphatic rings. The minimum absolute atomic E-state index is 0.0827. The maximum absolute atomic E-state index is 13.5. The van der Waals surface area contributed by atoms with Gasteiger partial charge in [-0.2, -0.15) is 0 Å². The third kappa shape index (κ3) is 2.35. The molecule has 0 N–H and O–H groups in total. The van der Waals surface area contributed by atoms with Crippen LogP contribution in [0.1, 0.15) is 18.4 Å². The Labute approximate surface area is 99.0 Å². The van der Waals surface area contributed by atoms with Crippen LogP contribution in [0.4, 0.5) is 4.39 Å². The fraction of sp³-hybridized carbons (Fsp3) is 0.417. The maximum Gasteiger partial charge on any atom is 0.225 e. The van der Waals surface area contributed by atoms with Gasteiger partial charge in [0.1, 0.15) is 5.82 Å². The lowest BCUT2D eigenvalue weighted by molar-refractivity contribution is -0.131. The molecular weight excluding hydrogens is 229 g/mol. The quantitative estimate of drug-likeness (QED) is 0.797. The molecular formula is C12H13ClFNO. The molecule has 1 aromatic carbocycles. The lowest BCUT2D eigenvalue weighted by Gasteiger charge is -2.18. The largest absolute Gasteiger partial charge is 0.341 e. The highest BCUT2D eigenvalue weighted by Gasteiger charge is 2.32. The first-order valence-corrected chi connectivity index (χ1v) is 5.65. The second kappa shape index (κ2) is 4.42. The minimum atomic E-state index is -0.358. The zero-order valence-corrected chi connectivity index (χ0v) is 9.80. The molecule has 2 rings (SSSR count). The van der Waals surface area contributed by atoms with E-state index in [2.05, 4.69) is 0 Å². The molecule has 0 aliphatic heterocycles. The number of benzene rings is 1. The first-order valence-electron chi connectivity index (χ1n) is 5.27. The van der Waals surface area contributed by atoms with Gasteiger partial charge in [0.2, 0.25) is 5.91 Å². The van der Waals surface area contributed by atoms with Crippen LogP contribution < -0.4 is 0 Å². The summed E-state index contributed by atoms with van der Waals surface area (Å²) in [5.41, 5.74) is 0.390. The van der Waals surface area contributed by atoms with Crippen molar-refractivity contribution in [2.75, 3.05) is 7.05 Å².